The molecule has 0 aliphatic carbocycles. The van der Waals surface area contributed by atoms with Gasteiger partial charge in [-0.2, -0.15) is 0 Å². The Kier molecular flexibility index (Phi) is 7.83. The smallest absolute Gasteiger partial charge is 0.328 e. The van der Waals surface area contributed by atoms with Crippen molar-refractivity contribution in [3.63, 3.8) is 0 Å². The number of halogens is 1. The molecule has 6 N–H and O–H groups in total. The first-order valence-electron chi connectivity index (χ1n) is 12.8. The Morgan fingerprint density at radius 3 is 2.64 bits per heavy atom. The lowest BCUT2D eigenvalue weighted by Gasteiger charge is -2.37. The minimum Gasteiger partial charge on any atom is -0.381 e. The number of urea groups is 1. The maximum absolute atomic E-state index is 12.4. The highest BCUT2D eigenvalue weighted by molar-refractivity contribution is 7.99. The monoisotopic (exact) mass is 566 g/mol. The lowest BCUT2D eigenvalue weighted by Crippen LogP contribution is -2.49. The van der Waals surface area contributed by atoms with Gasteiger partial charge in [0.1, 0.15) is 10.8 Å². The number of hydrogen-bond donors (Lipinski definition) is 4. The summed E-state index contributed by atoms with van der Waals surface area (Å²) in [7, 11) is 0. The van der Waals surface area contributed by atoms with E-state index in [-0.39, 0.29) is 17.9 Å². The van der Waals surface area contributed by atoms with Gasteiger partial charge in [-0.25, -0.2) is 14.8 Å². The van der Waals surface area contributed by atoms with E-state index in [9.17, 15) is 9.59 Å². The Labute approximate surface area is 236 Å². The molecule has 1 aromatic heterocycles. The number of amides is 3. The Morgan fingerprint density at radius 2 is 1.90 bits per heavy atom. The highest BCUT2D eigenvalue weighted by Crippen LogP contribution is 2.39. The molecule has 12 heteroatoms. The van der Waals surface area contributed by atoms with Crippen LogP contribution in [0, 0.1) is 0 Å². The van der Waals surface area contributed by atoms with Gasteiger partial charge in [0.15, 0.2) is 5.82 Å². The van der Waals surface area contributed by atoms with Crippen molar-refractivity contribution in [2.45, 2.75) is 48.2 Å². The van der Waals surface area contributed by atoms with E-state index >= 15 is 0 Å². The van der Waals surface area contributed by atoms with E-state index in [4.69, 9.17) is 23.1 Å². The zero-order valence-corrected chi connectivity index (χ0v) is 23.2. The molecule has 0 atom stereocenters. The maximum Gasteiger partial charge on any atom is 0.328 e. The molecule has 2 saturated heterocycles. The van der Waals surface area contributed by atoms with Gasteiger partial charge in [0.05, 0.1) is 22.6 Å². The molecular formula is C27H31ClN8O2S. The van der Waals surface area contributed by atoms with Crippen LogP contribution in [-0.2, 0) is 11.3 Å². The van der Waals surface area contributed by atoms with Crippen LogP contribution in [0.25, 0.3) is 0 Å². The van der Waals surface area contributed by atoms with Crippen molar-refractivity contribution < 1.29 is 9.59 Å². The number of para-hydroxylation sites is 1. The number of nitrogens with zero attached hydrogens (tertiary/aromatic N) is 4. The van der Waals surface area contributed by atoms with E-state index in [0.717, 1.165) is 53.6 Å². The fourth-order valence-corrected chi connectivity index (χ4v) is 5.72. The number of anilines is 4. The maximum atomic E-state index is 12.4. The normalized spacial score (nSPS) is 17.2. The van der Waals surface area contributed by atoms with E-state index in [1.54, 1.807) is 11.1 Å². The summed E-state index contributed by atoms with van der Waals surface area (Å²) in [6, 6.07) is 12.9. The number of nitrogen functional groups attached to an aromatic ring is 1. The first-order chi connectivity index (χ1) is 18.7. The molecule has 0 bridgehead atoms. The minimum absolute atomic E-state index is 0.147. The average molecular weight is 567 g/mol. The number of piperidine rings is 1. The molecule has 0 saturated carbocycles. The Morgan fingerprint density at radius 1 is 1.13 bits per heavy atom. The number of rotatable bonds is 7. The molecule has 2 fully saturated rings. The van der Waals surface area contributed by atoms with Gasteiger partial charge in [-0.3, -0.25) is 15.0 Å². The molecule has 2 aliphatic rings. The average Bonchev–Trinajstić information content (AvgIpc) is 2.90. The van der Waals surface area contributed by atoms with Gasteiger partial charge in [-0.1, -0.05) is 47.6 Å². The van der Waals surface area contributed by atoms with Crippen molar-refractivity contribution in [3.8, 4) is 0 Å². The van der Waals surface area contributed by atoms with Crippen molar-refractivity contribution in [2.24, 2.45) is 5.73 Å². The molecule has 0 unspecified atom stereocenters. The predicted octanol–water partition coefficient (Wildman–Crippen LogP) is 4.24. The van der Waals surface area contributed by atoms with E-state index in [2.05, 4.69) is 32.4 Å². The van der Waals surface area contributed by atoms with Crippen LogP contribution in [0.5, 0.6) is 0 Å². The summed E-state index contributed by atoms with van der Waals surface area (Å²) in [5, 5.41) is 6.86. The summed E-state index contributed by atoms with van der Waals surface area (Å²) in [5.74, 6) is 0.832. The van der Waals surface area contributed by atoms with Crippen LogP contribution in [0.1, 0.15) is 31.7 Å². The molecule has 2 aromatic carbocycles. The number of nitrogens with two attached hydrogens (primary N) is 2. The lowest BCUT2D eigenvalue weighted by molar-refractivity contribution is -0.120. The number of carbonyl (C=O) groups is 2. The SMILES string of the molecule is CC1(N)CCN(c2cnc(Sc3cccc(NCc4ccccc4N4CCC(=O)NC4=O)c3Cl)c(N)n2)CC1. The summed E-state index contributed by atoms with van der Waals surface area (Å²) in [6.07, 6.45) is 3.78. The van der Waals surface area contributed by atoms with Gasteiger partial charge in [-0.15, -0.1) is 0 Å². The fourth-order valence-electron chi connectivity index (χ4n) is 4.60. The zero-order chi connectivity index (χ0) is 27.6. The van der Waals surface area contributed by atoms with Crippen LogP contribution in [0.2, 0.25) is 5.02 Å². The molecule has 5 rings (SSSR count). The summed E-state index contributed by atoms with van der Waals surface area (Å²) in [5.41, 5.74) is 14.8. The molecule has 3 aromatic rings. The predicted molar refractivity (Wildman–Crippen MR) is 155 cm³/mol. The van der Waals surface area contributed by atoms with Crippen molar-refractivity contribution >= 4 is 58.3 Å². The fraction of sp³-hybridized carbons (Fsp3) is 0.333. The van der Waals surface area contributed by atoms with Crippen LogP contribution in [0.4, 0.5) is 27.8 Å². The van der Waals surface area contributed by atoms with Gasteiger partial charge in [0, 0.05) is 43.0 Å². The quantitative estimate of drug-likeness (QED) is 0.330. The summed E-state index contributed by atoms with van der Waals surface area (Å²) >= 11 is 8.14. The largest absolute Gasteiger partial charge is 0.381 e. The third kappa shape index (κ3) is 6.21. The Hall–Kier alpha value is -3.54. The van der Waals surface area contributed by atoms with Crippen LogP contribution >= 0.6 is 23.4 Å². The zero-order valence-electron chi connectivity index (χ0n) is 21.6. The van der Waals surface area contributed by atoms with Crippen LogP contribution in [-0.4, -0.2) is 47.1 Å². The van der Waals surface area contributed by atoms with Gasteiger partial charge >= 0.3 is 6.03 Å². The molecule has 3 heterocycles. The number of aromatic nitrogens is 2. The molecule has 204 valence electrons. The highest BCUT2D eigenvalue weighted by Gasteiger charge is 2.27. The lowest BCUT2D eigenvalue weighted by atomic mass is 9.91. The number of benzene rings is 2. The topological polar surface area (TPSA) is 142 Å². The van der Waals surface area contributed by atoms with Crippen LogP contribution in [0.3, 0.4) is 0 Å². The molecule has 10 nitrogen and oxygen atoms in total. The number of hydrogen-bond acceptors (Lipinski definition) is 9. The second-order valence-corrected chi connectivity index (χ2v) is 11.4. The molecule has 3 amide bonds. The highest BCUT2D eigenvalue weighted by atomic mass is 35.5. The van der Waals surface area contributed by atoms with Crippen LogP contribution < -0.4 is 31.9 Å². The Bertz CT molecular complexity index is 1390. The number of nitrogens with one attached hydrogen (secondary N) is 2. The first kappa shape index (κ1) is 27.0. The minimum atomic E-state index is -0.419. The van der Waals surface area contributed by atoms with Crippen molar-refractivity contribution in [1.29, 1.82) is 0 Å². The molecule has 0 radical (unpaired) electrons. The van der Waals surface area contributed by atoms with Crippen molar-refractivity contribution in [1.82, 2.24) is 15.3 Å². The van der Waals surface area contributed by atoms with Crippen molar-refractivity contribution in [3.05, 3.63) is 59.2 Å². The van der Waals surface area contributed by atoms with E-state index in [1.807, 2.05) is 42.5 Å². The van der Waals surface area contributed by atoms with E-state index in [0.29, 0.717) is 29.0 Å². The standard InChI is InChI=1S/C27H31ClN8O2S/c1-27(30)10-13-35(14-11-27)21-16-32-25(24(29)33-21)39-20-8-4-6-18(23(20)28)31-15-17-5-2-3-7-19(17)36-12-9-22(37)34-26(36)38/h2-8,16,31H,9-15,30H2,1H3,(H2,29,33)(H,34,37,38). The second kappa shape index (κ2) is 11.3. The third-order valence-corrected chi connectivity index (χ3v) is 8.54. The van der Waals surface area contributed by atoms with Gasteiger partial charge in [0.25, 0.3) is 0 Å². The molecule has 2 aliphatic heterocycles. The van der Waals surface area contributed by atoms with E-state index in [1.165, 1.54) is 11.8 Å². The van der Waals surface area contributed by atoms with E-state index < -0.39 is 6.03 Å². The molecule has 0 spiro atoms. The Balaban J connectivity index is 1.28. The summed E-state index contributed by atoms with van der Waals surface area (Å²) < 4.78 is 0. The third-order valence-electron chi connectivity index (χ3n) is 6.96. The molecular weight excluding hydrogens is 536 g/mol. The summed E-state index contributed by atoms with van der Waals surface area (Å²) in [4.78, 5) is 37.7. The number of imide groups is 1. The van der Waals surface area contributed by atoms with Gasteiger partial charge in [-0.05, 0) is 43.5 Å². The van der Waals surface area contributed by atoms with Crippen molar-refractivity contribution in [2.75, 3.05) is 40.5 Å². The summed E-state index contributed by atoms with van der Waals surface area (Å²) in [6.45, 7) is 4.47. The second-order valence-electron chi connectivity index (χ2n) is 10.0. The van der Waals surface area contributed by atoms with Gasteiger partial charge < -0.3 is 21.7 Å². The first-order valence-corrected chi connectivity index (χ1v) is 14.0. The van der Waals surface area contributed by atoms with Crippen LogP contribution in [0.15, 0.2) is 58.6 Å². The number of carbonyl (C=O) groups excluding carboxylic acids is 2. The molecule has 39 heavy (non-hydrogen) atoms. The van der Waals surface area contributed by atoms with Gasteiger partial charge in [0.2, 0.25) is 5.91 Å².